The van der Waals surface area contributed by atoms with Crippen molar-refractivity contribution in [3.8, 4) is 0 Å². The van der Waals surface area contributed by atoms with E-state index in [0.29, 0.717) is 0 Å². The van der Waals surface area contributed by atoms with Gasteiger partial charge in [-0.1, -0.05) is 0 Å². The van der Waals surface area contributed by atoms with Gasteiger partial charge in [-0.15, -0.1) is 12.4 Å². The molecule has 0 bridgehead atoms. The van der Waals surface area contributed by atoms with Crippen LogP contribution in [0.5, 0.6) is 0 Å². The zero-order valence-electron chi connectivity index (χ0n) is 6.66. The van der Waals surface area contributed by atoms with Gasteiger partial charge in [0, 0.05) is 11.1 Å². The number of aromatic amines is 1. The molecule has 4 heteroatoms. The second-order valence-corrected chi connectivity index (χ2v) is 2.67. The van der Waals surface area contributed by atoms with Crippen LogP contribution in [0.1, 0.15) is 5.56 Å². The number of nitrogens with zero attached hydrogens (tertiary/aromatic N) is 1. The molecule has 0 unspecified atom stereocenters. The van der Waals surface area contributed by atoms with Crippen LogP contribution in [0.15, 0.2) is 18.3 Å². The fraction of sp³-hybridized carbons (Fsp3) is 0.125. The first-order valence-electron chi connectivity index (χ1n) is 3.46. The van der Waals surface area contributed by atoms with Gasteiger partial charge >= 0.3 is 0 Å². The number of anilines is 1. The van der Waals surface area contributed by atoms with E-state index in [1.54, 1.807) is 6.20 Å². The molecule has 0 amide bonds. The van der Waals surface area contributed by atoms with Gasteiger partial charge in [0.05, 0.1) is 11.7 Å². The van der Waals surface area contributed by atoms with E-state index in [-0.39, 0.29) is 12.4 Å². The molecule has 0 fully saturated rings. The number of benzene rings is 1. The Labute approximate surface area is 76.4 Å². The molecule has 0 saturated carbocycles. The molecule has 0 aliphatic heterocycles. The Morgan fingerprint density at radius 2 is 2.17 bits per heavy atom. The number of H-pyrrole nitrogens is 1. The molecular weight excluding hydrogens is 174 g/mol. The highest BCUT2D eigenvalue weighted by atomic mass is 35.5. The molecule has 1 aromatic carbocycles. The van der Waals surface area contributed by atoms with E-state index >= 15 is 0 Å². The van der Waals surface area contributed by atoms with E-state index in [0.717, 1.165) is 22.2 Å². The minimum Gasteiger partial charge on any atom is -0.399 e. The molecule has 3 nitrogen and oxygen atoms in total. The van der Waals surface area contributed by atoms with Gasteiger partial charge in [0.2, 0.25) is 0 Å². The zero-order valence-corrected chi connectivity index (χ0v) is 7.48. The number of aryl methyl sites for hydroxylation is 1. The van der Waals surface area contributed by atoms with Crippen molar-refractivity contribution in [2.45, 2.75) is 6.92 Å². The summed E-state index contributed by atoms with van der Waals surface area (Å²) in [6, 6.07) is 3.84. The molecule has 3 N–H and O–H groups in total. The maximum atomic E-state index is 5.64. The summed E-state index contributed by atoms with van der Waals surface area (Å²) >= 11 is 0. The number of halogens is 1. The van der Waals surface area contributed by atoms with Gasteiger partial charge in [0.25, 0.3) is 0 Å². The number of nitrogens with one attached hydrogen (secondary N) is 1. The lowest BCUT2D eigenvalue weighted by Gasteiger charge is -1.96. The van der Waals surface area contributed by atoms with Crippen molar-refractivity contribution in [3.63, 3.8) is 0 Å². The highest BCUT2D eigenvalue weighted by molar-refractivity contribution is 5.85. The van der Waals surface area contributed by atoms with Crippen LogP contribution in [0.3, 0.4) is 0 Å². The van der Waals surface area contributed by atoms with Crippen molar-refractivity contribution in [3.05, 3.63) is 23.9 Å². The first-order chi connectivity index (χ1) is 5.27. The Kier molecular flexibility index (Phi) is 2.24. The van der Waals surface area contributed by atoms with E-state index in [1.165, 1.54) is 0 Å². The van der Waals surface area contributed by atoms with Gasteiger partial charge < -0.3 is 5.73 Å². The molecule has 1 aromatic heterocycles. The van der Waals surface area contributed by atoms with Crippen LogP contribution in [0.2, 0.25) is 0 Å². The summed E-state index contributed by atoms with van der Waals surface area (Å²) in [5.74, 6) is 0. The molecule has 0 atom stereocenters. The molecule has 2 rings (SSSR count). The van der Waals surface area contributed by atoms with Crippen LogP contribution in [-0.4, -0.2) is 10.2 Å². The van der Waals surface area contributed by atoms with E-state index in [2.05, 4.69) is 10.2 Å². The highest BCUT2D eigenvalue weighted by Crippen LogP contribution is 2.18. The lowest BCUT2D eigenvalue weighted by Crippen LogP contribution is -1.85. The van der Waals surface area contributed by atoms with Crippen molar-refractivity contribution >= 4 is 29.0 Å². The Morgan fingerprint density at radius 3 is 2.92 bits per heavy atom. The molecule has 64 valence electrons. The molecule has 12 heavy (non-hydrogen) atoms. The largest absolute Gasteiger partial charge is 0.399 e. The average molecular weight is 184 g/mol. The van der Waals surface area contributed by atoms with E-state index in [4.69, 9.17) is 5.73 Å². The minimum absolute atomic E-state index is 0. The summed E-state index contributed by atoms with van der Waals surface area (Å²) in [5.41, 5.74) is 8.64. The third-order valence-corrected chi connectivity index (χ3v) is 1.77. The smallest absolute Gasteiger partial charge is 0.0680 e. The Bertz CT molecular complexity index is 394. The van der Waals surface area contributed by atoms with Crippen LogP contribution >= 0.6 is 12.4 Å². The number of hydrogen-bond acceptors (Lipinski definition) is 2. The molecule has 0 aliphatic rings. The van der Waals surface area contributed by atoms with E-state index in [1.807, 2.05) is 19.1 Å². The van der Waals surface area contributed by atoms with Crippen molar-refractivity contribution in [1.82, 2.24) is 10.2 Å². The first kappa shape index (κ1) is 8.87. The lowest BCUT2D eigenvalue weighted by atomic mass is 10.1. The number of hydrogen-bond donors (Lipinski definition) is 2. The maximum absolute atomic E-state index is 5.64. The number of aromatic nitrogens is 2. The molecule has 0 spiro atoms. The monoisotopic (exact) mass is 183 g/mol. The predicted octanol–water partition coefficient (Wildman–Crippen LogP) is 1.88. The van der Waals surface area contributed by atoms with Gasteiger partial charge in [-0.2, -0.15) is 5.10 Å². The van der Waals surface area contributed by atoms with Crippen LogP contribution in [-0.2, 0) is 0 Å². The number of nitrogens with two attached hydrogens (primary N) is 1. The van der Waals surface area contributed by atoms with Gasteiger partial charge in [0.15, 0.2) is 0 Å². The quantitative estimate of drug-likeness (QED) is 0.613. The normalized spacial score (nSPS) is 9.75. The summed E-state index contributed by atoms with van der Waals surface area (Å²) < 4.78 is 0. The Morgan fingerprint density at radius 1 is 1.42 bits per heavy atom. The van der Waals surface area contributed by atoms with Crippen LogP contribution < -0.4 is 5.73 Å². The summed E-state index contributed by atoms with van der Waals surface area (Å²) in [4.78, 5) is 0. The topological polar surface area (TPSA) is 54.7 Å². The highest BCUT2D eigenvalue weighted by Gasteiger charge is 1.98. The lowest BCUT2D eigenvalue weighted by molar-refractivity contribution is 1.11. The summed E-state index contributed by atoms with van der Waals surface area (Å²) in [5, 5.41) is 7.90. The van der Waals surface area contributed by atoms with Crippen LogP contribution in [0, 0.1) is 6.92 Å². The van der Waals surface area contributed by atoms with Crippen LogP contribution in [0.4, 0.5) is 5.69 Å². The second-order valence-electron chi connectivity index (χ2n) is 2.67. The second kappa shape index (κ2) is 3.03. The number of rotatable bonds is 0. The summed E-state index contributed by atoms with van der Waals surface area (Å²) in [7, 11) is 0. The maximum Gasteiger partial charge on any atom is 0.0680 e. The average Bonchev–Trinajstić information content (AvgIpc) is 2.34. The number of nitrogen functional groups attached to an aromatic ring is 1. The Balaban J connectivity index is 0.000000720. The van der Waals surface area contributed by atoms with Gasteiger partial charge in [-0.05, 0) is 24.6 Å². The molecule has 0 radical (unpaired) electrons. The summed E-state index contributed by atoms with van der Waals surface area (Å²) in [6.07, 6.45) is 1.78. The van der Waals surface area contributed by atoms with Gasteiger partial charge in [0.1, 0.15) is 0 Å². The third kappa shape index (κ3) is 1.23. The fourth-order valence-electron chi connectivity index (χ4n) is 1.26. The third-order valence-electron chi connectivity index (χ3n) is 1.77. The molecule has 2 aromatic rings. The van der Waals surface area contributed by atoms with Crippen molar-refractivity contribution < 1.29 is 0 Å². The SMILES string of the molecule is Cc1cc(N)cc2cn[nH]c12.Cl. The van der Waals surface area contributed by atoms with Crippen LogP contribution in [0.25, 0.3) is 10.9 Å². The minimum atomic E-state index is 0. The van der Waals surface area contributed by atoms with Crippen molar-refractivity contribution in [2.24, 2.45) is 0 Å². The standard InChI is InChI=1S/C8H9N3.ClH/c1-5-2-7(9)3-6-4-10-11-8(5)6;/h2-4H,9H2,1H3,(H,10,11);1H. The van der Waals surface area contributed by atoms with Crippen molar-refractivity contribution in [2.75, 3.05) is 5.73 Å². The zero-order chi connectivity index (χ0) is 7.84. The first-order valence-corrected chi connectivity index (χ1v) is 3.46. The number of fused-ring (bicyclic) bond motifs is 1. The van der Waals surface area contributed by atoms with Gasteiger partial charge in [-0.3, -0.25) is 5.10 Å². The van der Waals surface area contributed by atoms with Crippen molar-refractivity contribution in [1.29, 1.82) is 0 Å². The van der Waals surface area contributed by atoms with E-state index in [9.17, 15) is 0 Å². The Hall–Kier alpha value is -1.22. The molecule has 0 saturated heterocycles. The van der Waals surface area contributed by atoms with E-state index < -0.39 is 0 Å². The fourth-order valence-corrected chi connectivity index (χ4v) is 1.26. The predicted molar refractivity (Wildman–Crippen MR) is 52.5 cm³/mol. The summed E-state index contributed by atoms with van der Waals surface area (Å²) in [6.45, 7) is 2.01. The molecular formula is C8H10ClN3. The van der Waals surface area contributed by atoms with Gasteiger partial charge in [-0.25, -0.2) is 0 Å². The molecule has 1 heterocycles. The molecule has 0 aliphatic carbocycles.